The molecular weight excluding hydrogens is 471 g/mol. The molecule has 6 rings (SSSR count). The summed E-state index contributed by atoms with van der Waals surface area (Å²) < 4.78 is 87.7. The van der Waals surface area contributed by atoms with Crippen molar-refractivity contribution >= 4 is 17.3 Å². The average molecular weight is 507 g/mol. The molecular formula is C26H27FN10. The quantitative estimate of drug-likeness (QED) is 0.388. The molecule has 5 heterocycles. The van der Waals surface area contributed by atoms with E-state index in [1.165, 1.54) is 41.2 Å². The highest BCUT2D eigenvalue weighted by Crippen LogP contribution is 2.29. The number of halogens is 1. The Balaban J connectivity index is 1.43. The molecule has 0 aliphatic carbocycles. The number of hydrogen-bond donors (Lipinski definition) is 1. The maximum atomic E-state index is 13.5. The third kappa shape index (κ3) is 4.27. The Morgan fingerprint density at radius 3 is 2.27 bits per heavy atom. The Morgan fingerprint density at radius 2 is 1.59 bits per heavy atom. The summed E-state index contributed by atoms with van der Waals surface area (Å²) in [5.41, 5.74) is 7.47. The van der Waals surface area contributed by atoms with Gasteiger partial charge in [0.1, 0.15) is 17.7 Å². The van der Waals surface area contributed by atoms with Crippen molar-refractivity contribution in [1.29, 1.82) is 0 Å². The highest BCUT2D eigenvalue weighted by atomic mass is 19.1. The minimum atomic E-state index is -3.27. The van der Waals surface area contributed by atoms with Crippen molar-refractivity contribution in [2.75, 3.05) is 35.8 Å². The number of nitrogens with two attached hydrogens (primary N) is 1. The molecule has 0 bridgehead atoms. The molecule has 1 fully saturated rings. The Hall–Kier alpha value is -4.38. The van der Waals surface area contributed by atoms with E-state index in [2.05, 4.69) is 25.1 Å². The second-order valence-corrected chi connectivity index (χ2v) is 8.64. The number of benzene rings is 1. The highest BCUT2D eigenvalue weighted by molar-refractivity contribution is 5.77. The van der Waals surface area contributed by atoms with E-state index in [9.17, 15) is 4.39 Å². The molecule has 188 valence electrons. The Bertz CT molecular complexity index is 1860. The van der Waals surface area contributed by atoms with Crippen molar-refractivity contribution in [2.24, 2.45) is 12.8 Å². The van der Waals surface area contributed by atoms with E-state index in [1.807, 2.05) is 0 Å². The Labute approximate surface area is 224 Å². The van der Waals surface area contributed by atoms with Gasteiger partial charge in [-0.05, 0) is 30.7 Å². The maximum Gasteiger partial charge on any atom is 0.225 e. The standard InChI is InChI=1S/C26H27FN10/c1-26(28,20-3-5-22(27)6-4-20)21-13-29-25(30-14-21)36-9-7-35(8-10-36)24-23-11-18(16-37(23)33-17-31-24)19-12-32-34(2)15-19/h3-6,11-17H,7-10,28H2,1-2H3/t26-/m0/s1/i7D2,8D2,9D2,10D2. The summed E-state index contributed by atoms with van der Waals surface area (Å²) in [4.78, 5) is 12.9. The second kappa shape index (κ2) is 8.93. The molecule has 0 spiro atoms. The zero-order valence-electron chi connectivity index (χ0n) is 27.8. The summed E-state index contributed by atoms with van der Waals surface area (Å²) in [6, 6.07) is 7.00. The number of hydrogen-bond acceptors (Lipinski definition) is 8. The van der Waals surface area contributed by atoms with Gasteiger partial charge in [0.25, 0.3) is 0 Å². The van der Waals surface area contributed by atoms with Gasteiger partial charge in [0.15, 0.2) is 5.82 Å². The van der Waals surface area contributed by atoms with Gasteiger partial charge in [-0.3, -0.25) is 4.68 Å². The van der Waals surface area contributed by atoms with E-state index < -0.39 is 43.3 Å². The Morgan fingerprint density at radius 1 is 0.892 bits per heavy atom. The van der Waals surface area contributed by atoms with Gasteiger partial charge in [-0.1, -0.05) is 12.1 Å². The normalized spacial score (nSPS) is 24.4. The molecule has 1 aliphatic rings. The van der Waals surface area contributed by atoms with Crippen LogP contribution in [0.1, 0.15) is 29.0 Å². The summed E-state index contributed by atoms with van der Waals surface area (Å²) in [6.07, 6.45) is 8.39. The molecule has 0 amide bonds. The van der Waals surface area contributed by atoms with Gasteiger partial charge in [0.05, 0.1) is 22.7 Å². The lowest BCUT2D eigenvalue weighted by Crippen LogP contribution is -2.47. The van der Waals surface area contributed by atoms with Gasteiger partial charge >= 0.3 is 0 Å². The fourth-order valence-corrected chi connectivity index (χ4v) is 3.95. The van der Waals surface area contributed by atoms with Crippen molar-refractivity contribution in [1.82, 2.24) is 34.3 Å². The molecule has 1 atom stereocenters. The summed E-state index contributed by atoms with van der Waals surface area (Å²) >= 11 is 0. The molecule has 4 aromatic heterocycles. The Kier molecular flexibility index (Phi) is 3.78. The summed E-state index contributed by atoms with van der Waals surface area (Å²) in [5.74, 6) is -1.45. The largest absolute Gasteiger partial charge is 0.351 e. The van der Waals surface area contributed by atoms with E-state index in [-0.39, 0.29) is 16.2 Å². The van der Waals surface area contributed by atoms with E-state index in [1.54, 1.807) is 43.3 Å². The molecule has 11 heteroatoms. The van der Waals surface area contributed by atoms with Crippen LogP contribution < -0.4 is 15.5 Å². The SMILES string of the molecule is [2H]C1([2H])N(c2ncc([C@@](C)(N)c3ccc(F)cc3)cn2)C([2H])([2H])C([2H])([2H])N(c2ncnn3cc(-c4cnn(C)c4)cc23)C1([2H])[2H]. The molecule has 0 radical (unpaired) electrons. The third-order valence-electron chi connectivity index (χ3n) is 6.06. The molecule has 1 saturated heterocycles. The molecule has 5 aromatic rings. The minimum Gasteiger partial charge on any atom is -0.351 e. The first kappa shape index (κ1) is 15.7. The predicted octanol–water partition coefficient (Wildman–Crippen LogP) is 2.61. The molecule has 1 aliphatic heterocycles. The number of aryl methyl sites for hydroxylation is 1. The van der Waals surface area contributed by atoms with Gasteiger partial charge in [-0.15, -0.1) is 0 Å². The lowest BCUT2D eigenvalue weighted by molar-refractivity contribution is 0.585. The van der Waals surface area contributed by atoms with Crippen molar-refractivity contribution in [3.8, 4) is 11.1 Å². The first-order chi connectivity index (χ1) is 20.9. The zero-order chi connectivity index (χ0) is 32.7. The van der Waals surface area contributed by atoms with Crippen molar-refractivity contribution in [3.63, 3.8) is 0 Å². The molecule has 1 aromatic carbocycles. The van der Waals surface area contributed by atoms with E-state index >= 15 is 0 Å². The number of fused-ring (bicyclic) bond motifs is 1. The molecule has 37 heavy (non-hydrogen) atoms. The first-order valence-corrected chi connectivity index (χ1v) is 11.2. The zero-order valence-corrected chi connectivity index (χ0v) is 19.8. The summed E-state index contributed by atoms with van der Waals surface area (Å²) in [5, 5.41) is 8.27. The lowest BCUT2D eigenvalue weighted by atomic mass is 9.87. The monoisotopic (exact) mass is 506 g/mol. The first-order valence-electron chi connectivity index (χ1n) is 15.2. The van der Waals surface area contributed by atoms with Gasteiger partial charge in [-0.25, -0.2) is 23.9 Å². The predicted molar refractivity (Wildman–Crippen MR) is 139 cm³/mol. The van der Waals surface area contributed by atoms with Crippen LogP contribution in [0, 0.1) is 5.82 Å². The van der Waals surface area contributed by atoms with E-state index in [4.69, 9.17) is 16.7 Å². The second-order valence-electron chi connectivity index (χ2n) is 8.64. The van der Waals surface area contributed by atoms with Crippen LogP contribution in [0.25, 0.3) is 16.6 Å². The fourth-order valence-electron chi connectivity index (χ4n) is 3.95. The van der Waals surface area contributed by atoms with Crippen LogP contribution in [-0.4, -0.2) is 60.3 Å². The smallest absolute Gasteiger partial charge is 0.225 e. The molecule has 2 N–H and O–H groups in total. The van der Waals surface area contributed by atoms with Crippen LogP contribution >= 0.6 is 0 Å². The van der Waals surface area contributed by atoms with Crippen LogP contribution in [0.15, 0.2) is 67.6 Å². The van der Waals surface area contributed by atoms with Gasteiger partial charge in [-0.2, -0.15) is 10.2 Å². The molecule has 0 saturated carbocycles. The van der Waals surface area contributed by atoms with E-state index in [0.29, 0.717) is 27.2 Å². The maximum absolute atomic E-state index is 13.5. The minimum absolute atomic E-state index is 0.104. The van der Waals surface area contributed by atoms with Crippen molar-refractivity contribution in [2.45, 2.75) is 12.5 Å². The topological polar surface area (TPSA) is 106 Å². The number of nitrogens with zero attached hydrogens (tertiary/aromatic N) is 9. The van der Waals surface area contributed by atoms with E-state index in [0.717, 1.165) is 6.33 Å². The van der Waals surface area contributed by atoms with Crippen LogP contribution in [0.2, 0.25) is 0 Å². The average Bonchev–Trinajstić information content (AvgIpc) is 3.59. The van der Waals surface area contributed by atoms with Gasteiger partial charge < -0.3 is 15.5 Å². The molecule has 10 nitrogen and oxygen atoms in total. The number of anilines is 2. The van der Waals surface area contributed by atoms with Crippen molar-refractivity contribution < 1.29 is 15.4 Å². The van der Waals surface area contributed by atoms with Crippen LogP contribution in [0.5, 0.6) is 0 Å². The summed E-state index contributed by atoms with van der Waals surface area (Å²) in [6.45, 7) is -11.4. The number of aromatic nitrogens is 7. The lowest BCUT2D eigenvalue weighted by Gasteiger charge is -2.35. The van der Waals surface area contributed by atoms with Crippen LogP contribution in [0.4, 0.5) is 16.2 Å². The number of rotatable bonds is 5. The third-order valence-corrected chi connectivity index (χ3v) is 6.06. The highest BCUT2D eigenvalue weighted by Gasteiger charge is 2.26. The van der Waals surface area contributed by atoms with Crippen LogP contribution in [0.3, 0.4) is 0 Å². The van der Waals surface area contributed by atoms with Gasteiger partial charge in [0.2, 0.25) is 5.95 Å². The summed E-state index contributed by atoms with van der Waals surface area (Å²) in [7, 11) is 1.73. The van der Waals surface area contributed by atoms with Crippen molar-refractivity contribution in [3.05, 3.63) is 84.6 Å². The van der Waals surface area contributed by atoms with Gasteiger partial charge in [0, 0.05) is 74.5 Å². The fraction of sp³-hybridized carbons (Fsp3) is 0.269. The number of piperazine rings is 1. The van der Waals surface area contributed by atoms with Crippen LogP contribution in [-0.2, 0) is 12.6 Å². The molecule has 0 unspecified atom stereocenters.